The molecule has 1 N–H and O–H groups in total. The largest absolute Gasteiger partial charge is 0.494 e. The van der Waals surface area contributed by atoms with Crippen molar-refractivity contribution >= 4 is 0 Å². The van der Waals surface area contributed by atoms with Crippen molar-refractivity contribution in [3.8, 4) is 11.8 Å². The van der Waals surface area contributed by atoms with E-state index in [1.807, 2.05) is 6.07 Å². The van der Waals surface area contributed by atoms with Crippen LogP contribution >= 0.6 is 0 Å². The Morgan fingerprint density at radius 2 is 2.28 bits per heavy atom. The summed E-state index contributed by atoms with van der Waals surface area (Å²) >= 11 is 0. The zero-order chi connectivity index (χ0) is 13.0. The molecule has 1 fully saturated rings. The number of rotatable bonds is 5. The molecule has 1 aliphatic carbocycles. The zero-order valence-corrected chi connectivity index (χ0v) is 10.5. The Morgan fingerprint density at radius 1 is 1.50 bits per heavy atom. The number of ether oxygens (including phenoxy) is 1. The molecule has 0 saturated heterocycles. The second-order valence-corrected chi connectivity index (χ2v) is 4.82. The smallest absolute Gasteiger partial charge is 0.165 e. The summed E-state index contributed by atoms with van der Waals surface area (Å²) in [7, 11) is 1.45. The van der Waals surface area contributed by atoms with Gasteiger partial charge in [0.25, 0.3) is 0 Å². The minimum atomic E-state index is -0.351. The monoisotopic (exact) mass is 248 g/mol. The first-order valence-electron chi connectivity index (χ1n) is 6.13. The molecule has 0 radical (unpaired) electrons. The van der Waals surface area contributed by atoms with Crippen LogP contribution in [0.4, 0.5) is 4.39 Å². The number of nitrogens with one attached hydrogen (secondary N) is 1. The van der Waals surface area contributed by atoms with Crippen LogP contribution in [0, 0.1) is 22.6 Å². The lowest BCUT2D eigenvalue weighted by Gasteiger charge is -2.35. The maximum absolute atomic E-state index is 13.5. The van der Waals surface area contributed by atoms with E-state index in [0.29, 0.717) is 13.1 Å². The summed E-state index contributed by atoms with van der Waals surface area (Å²) in [6.07, 6.45) is 3.06. The third-order valence-electron chi connectivity index (χ3n) is 3.56. The lowest BCUT2D eigenvalue weighted by Crippen LogP contribution is -2.38. The van der Waals surface area contributed by atoms with Crippen molar-refractivity contribution in [2.75, 3.05) is 13.7 Å². The van der Waals surface area contributed by atoms with Gasteiger partial charge in [0.15, 0.2) is 11.6 Å². The fraction of sp³-hybridized carbons (Fsp3) is 0.500. The van der Waals surface area contributed by atoms with Gasteiger partial charge >= 0.3 is 0 Å². The van der Waals surface area contributed by atoms with Crippen LogP contribution in [0.5, 0.6) is 5.75 Å². The van der Waals surface area contributed by atoms with E-state index in [2.05, 4.69) is 11.4 Å². The first-order chi connectivity index (χ1) is 8.69. The Morgan fingerprint density at radius 3 is 2.78 bits per heavy atom. The highest BCUT2D eigenvalue weighted by Crippen LogP contribution is 2.39. The number of methoxy groups -OCH3 is 1. The summed E-state index contributed by atoms with van der Waals surface area (Å²) < 4.78 is 18.3. The van der Waals surface area contributed by atoms with Crippen LogP contribution in [0.25, 0.3) is 0 Å². The minimum absolute atomic E-state index is 0.189. The van der Waals surface area contributed by atoms with Gasteiger partial charge in [-0.2, -0.15) is 5.26 Å². The second-order valence-electron chi connectivity index (χ2n) is 4.82. The summed E-state index contributed by atoms with van der Waals surface area (Å²) in [5, 5.41) is 12.3. The van der Waals surface area contributed by atoms with Crippen molar-refractivity contribution in [3.05, 3.63) is 29.6 Å². The van der Waals surface area contributed by atoms with Crippen LogP contribution in [-0.4, -0.2) is 13.7 Å². The molecule has 1 saturated carbocycles. The summed E-state index contributed by atoms with van der Waals surface area (Å²) in [4.78, 5) is 0. The molecule has 3 nitrogen and oxygen atoms in total. The van der Waals surface area contributed by atoms with Crippen molar-refractivity contribution in [1.82, 2.24) is 5.32 Å². The van der Waals surface area contributed by atoms with Crippen molar-refractivity contribution in [2.45, 2.75) is 25.8 Å². The van der Waals surface area contributed by atoms with Crippen LogP contribution in [0.2, 0.25) is 0 Å². The quantitative estimate of drug-likeness (QED) is 0.871. The fourth-order valence-corrected chi connectivity index (χ4v) is 2.20. The van der Waals surface area contributed by atoms with Crippen molar-refractivity contribution < 1.29 is 9.13 Å². The SMILES string of the molecule is COc1ccc(CNCC2(C#N)CCC2)cc1F. The van der Waals surface area contributed by atoms with Crippen LogP contribution in [-0.2, 0) is 6.54 Å². The van der Waals surface area contributed by atoms with Gasteiger partial charge in [0, 0.05) is 13.1 Å². The van der Waals surface area contributed by atoms with Gasteiger partial charge in [-0.15, -0.1) is 0 Å². The van der Waals surface area contributed by atoms with E-state index in [1.54, 1.807) is 6.07 Å². The molecule has 0 aromatic heterocycles. The summed E-state index contributed by atoms with van der Waals surface area (Å²) in [6.45, 7) is 1.25. The summed E-state index contributed by atoms with van der Waals surface area (Å²) in [6, 6.07) is 7.29. The number of nitriles is 1. The average Bonchev–Trinajstić information content (AvgIpc) is 2.33. The summed E-state index contributed by atoms with van der Waals surface area (Å²) in [5.74, 6) is -0.0957. The third kappa shape index (κ3) is 2.62. The fourth-order valence-electron chi connectivity index (χ4n) is 2.20. The number of hydrogen-bond donors (Lipinski definition) is 1. The predicted molar refractivity (Wildman–Crippen MR) is 66.6 cm³/mol. The molecule has 96 valence electrons. The van der Waals surface area contributed by atoms with E-state index in [-0.39, 0.29) is 17.0 Å². The number of halogens is 1. The number of benzene rings is 1. The lowest BCUT2D eigenvalue weighted by atomic mass is 9.70. The molecule has 1 aromatic rings. The lowest BCUT2D eigenvalue weighted by molar-refractivity contribution is 0.206. The molecule has 18 heavy (non-hydrogen) atoms. The molecular weight excluding hydrogens is 231 g/mol. The van der Waals surface area contributed by atoms with E-state index >= 15 is 0 Å². The predicted octanol–water partition coefficient (Wildman–Crippen LogP) is 2.62. The Balaban J connectivity index is 1.87. The first kappa shape index (κ1) is 12.8. The average molecular weight is 248 g/mol. The van der Waals surface area contributed by atoms with Gasteiger partial charge in [0.1, 0.15) is 0 Å². The van der Waals surface area contributed by atoms with Crippen LogP contribution in [0.15, 0.2) is 18.2 Å². The molecular formula is C14H17FN2O. The van der Waals surface area contributed by atoms with E-state index in [9.17, 15) is 4.39 Å². The van der Waals surface area contributed by atoms with Crippen molar-refractivity contribution in [1.29, 1.82) is 5.26 Å². The van der Waals surface area contributed by atoms with Gasteiger partial charge in [-0.25, -0.2) is 4.39 Å². The van der Waals surface area contributed by atoms with Crippen molar-refractivity contribution in [2.24, 2.45) is 5.41 Å². The number of nitrogens with zero attached hydrogens (tertiary/aromatic N) is 1. The molecule has 0 atom stereocenters. The maximum Gasteiger partial charge on any atom is 0.165 e. The van der Waals surface area contributed by atoms with E-state index in [0.717, 1.165) is 24.8 Å². The van der Waals surface area contributed by atoms with E-state index < -0.39 is 0 Å². The third-order valence-corrected chi connectivity index (χ3v) is 3.56. The standard InChI is InChI=1S/C14H17FN2O/c1-18-13-4-3-11(7-12(13)15)8-17-10-14(9-16)5-2-6-14/h3-4,7,17H,2,5-6,8,10H2,1H3. The normalized spacial score (nSPS) is 16.7. The van der Waals surface area contributed by atoms with Crippen molar-refractivity contribution in [3.63, 3.8) is 0 Å². The molecule has 0 bridgehead atoms. The molecule has 2 rings (SSSR count). The van der Waals surface area contributed by atoms with Gasteiger partial charge in [-0.3, -0.25) is 0 Å². The van der Waals surface area contributed by atoms with Crippen LogP contribution in [0.1, 0.15) is 24.8 Å². The van der Waals surface area contributed by atoms with E-state index in [1.165, 1.54) is 13.2 Å². The van der Waals surface area contributed by atoms with Gasteiger partial charge in [-0.1, -0.05) is 12.5 Å². The molecule has 1 aliphatic rings. The Kier molecular flexibility index (Phi) is 3.83. The molecule has 0 amide bonds. The molecule has 0 spiro atoms. The Hall–Kier alpha value is -1.60. The highest BCUT2D eigenvalue weighted by Gasteiger charge is 2.36. The first-order valence-corrected chi connectivity index (χ1v) is 6.13. The molecule has 0 heterocycles. The topological polar surface area (TPSA) is 45.0 Å². The van der Waals surface area contributed by atoms with Crippen LogP contribution < -0.4 is 10.1 Å². The van der Waals surface area contributed by atoms with E-state index in [4.69, 9.17) is 10.00 Å². The van der Waals surface area contributed by atoms with Gasteiger partial charge in [0.2, 0.25) is 0 Å². The zero-order valence-electron chi connectivity index (χ0n) is 10.5. The molecule has 0 unspecified atom stereocenters. The second kappa shape index (κ2) is 5.36. The van der Waals surface area contributed by atoms with Gasteiger partial charge in [-0.05, 0) is 30.5 Å². The number of hydrogen-bond acceptors (Lipinski definition) is 3. The maximum atomic E-state index is 13.5. The minimum Gasteiger partial charge on any atom is -0.494 e. The Bertz CT molecular complexity index is 463. The molecule has 1 aromatic carbocycles. The molecule has 4 heteroatoms. The highest BCUT2D eigenvalue weighted by atomic mass is 19.1. The van der Waals surface area contributed by atoms with Crippen LogP contribution in [0.3, 0.4) is 0 Å². The Labute approximate surface area is 107 Å². The van der Waals surface area contributed by atoms with Gasteiger partial charge in [0.05, 0.1) is 18.6 Å². The highest BCUT2D eigenvalue weighted by molar-refractivity contribution is 5.29. The summed E-state index contributed by atoms with van der Waals surface area (Å²) in [5.41, 5.74) is 0.672. The van der Waals surface area contributed by atoms with Gasteiger partial charge < -0.3 is 10.1 Å². The molecule has 0 aliphatic heterocycles.